The van der Waals surface area contributed by atoms with E-state index in [4.69, 9.17) is 0 Å². The molecule has 2 aliphatic rings. The van der Waals surface area contributed by atoms with Gasteiger partial charge in [-0.25, -0.2) is 0 Å². The second kappa shape index (κ2) is 4.93. The Morgan fingerprint density at radius 1 is 1.24 bits per heavy atom. The van der Waals surface area contributed by atoms with Crippen molar-refractivity contribution in [1.29, 1.82) is 0 Å². The van der Waals surface area contributed by atoms with Crippen LogP contribution in [-0.2, 0) is 12.8 Å². The summed E-state index contributed by atoms with van der Waals surface area (Å²) < 4.78 is 0. The van der Waals surface area contributed by atoms with Crippen LogP contribution in [0.15, 0.2) is 18.2 Å². The number of nitrogens with one attached hydrogen (secondary N) is 1. The van der Waals surface area contributed by atoms with Gasteiger partial charge in [0.05, 0.1) is 0 Å². The van der Waals surface area contributed by atoms with Crippen LogP contribution in [0.5, 0.6) is 0 Å². The predicted octanol–water partition coefficient (Wildman–Crippen LogP) is 3.87. The van der Waals surface area contributed by atoms with Crippen LogP contribution in [-0.4, -0.2) is 17.0 Å². The highest BCUT2D eigenvalue weighted by atomic mass is 32.2. The number of thioether (sulfide) groups is 1. The molecule has 1 aromatic rings. The van der Waals surface area contributed by atoms with Crippen molar-refractivity contribution in [3.05, 3.63) is 29.3 Å². The molecule has 1 saturated heterocycles. The van der Waals surface area contributed by atoms with Gasteiger partial charge in [0, 0.05) is 17.0 Å². The van der Waals surface area contributed by atoms with E-state index in [2.05, 4.69) is 42.2 Å². The van der Waals surface area contributed by atoms with Crippen LogP contribution in [0.25, 0.3) is 0 Å². The van der Waals surface area contributed by atoms with Gasteiger partial charge in [0.1, 0.15) is 0 Å². The van der Waals surface area contributed by atoms with Gasteiger partial charge in [-0.1, -0.05) is 19.1 Å². The van der Waals surface area contributed by atoms with Crippen molar-refractivity contribution >= 4 is 17.4 Å². The zero-order chi connectivity index (χ0) is 11.7. The Labute approximate surface area is 108 Å². The summed E-state index contributed by atoms with van der Waals surface area (Å²) in [5.74, 6) is 1.31. The standard InChI is InChI=1S/C15H21NS/c1-11-14(9-10-17-11)16-15-8-4-6-12-5-2-3-7-13(12)15/h4,6,8,11,14,16H,2-3,5,7,9-10H2,1H3. The SMILES string of the molecule is CC1SCCC1Nc1cccc2c1CCCC2. The number of fused-ring (bicyclic) bond motifs is 1. The first-order valence-electron chi connectivity index (χ1n) is 6.83. The molecule has 0 radical (unpaired) electrons. The molecule has 0 bridgehead atoms. The summed E-state index contributed by atoms with van der Waals surface area (Å²) in [6, 6.07) is 7.49. The monoisotopic (exact) mass is 247 g/mol. The molecule has 92 valence electrons. The number of anilines is 1. The van der Waals surface area contributed by atoms with E-state index >= 15 is 0 Å². The molecule has 1 nitrogen and oxygen atoms in total. The molecule has 2 heteroatoms. The minimum Gasteiger partial charge on any atom is -0.381 e. The van der Waals surface area contributed by atoms with E-state index in [0.717, 1.165) is 5.25 Å². The molecule has 17 heavy (non-hydrogen) atoms. The molecule has 2 atom stereocenters. The molecule has 0 amide bonds. The van der Waals surface area contributed by atoms with Crippen LogP contribution in [0.2, 0.25) is 0 Å². The molecule has 0 spiro atoms. The average molecular weight is 247 g/mol. The number of hydrogen-bond donors (Lipinski definition) is 1. The van der Waals surface area contributed by atoms with Crippen molar-refractivity contribution in [3.8, 4) is 0 Å². The zero-order valence-corrected chi connectivity index (χ0v) is 11.4. The third-order valence-electron chi connectivity index (χ3n) is 4.11. The van der Waals surface area contributed by atoms with Crippen molar-refractivity contribution < 1.29 is 0 Å². The molecule has 3 rings (SSSR count). The minimum atomic E-state index is 0.674. The molecule has 1 aliphatic heterocycles. The maximum absolute atomic E-state index is 3.80. The minimum absolute atomic E-state index is 0.674. The predicted molar refractivity (Wildman–Crippen MR) is 77.0 cm³/mol. The van der Waals surface area contributed by atoms with E-state index in [1.807, 2.05) is 0 Å². The van der Waals surface area contributed by atoms with Crippen molar-refractivity contribution in [3.63, 3.8) is 0 Å². The quantitative estimate of drug-likeness (QED) is 0.851. The summed E-state index contributed by atoms with van der Waals surface area (Å²) in [6.45, 7) is 2.35. The lowest BCUT2D eigenvalue weighted by Gasteiger charge is -2.24. The van der Waals surface area contributed by atoms with Crippen molar-refractivity contribution in [2.45, 2.75) is 50.3 Å². The van der Waals surface area contributed by atoms with E-state index < -0.39 is 0 Å². The smallest absolute Gasteiger partial charge is 0.0385 e. The Kier molecular flexibility index (Phi) is 3.32. The third-order valence-corrected chi connectivity index (χ3v) is 5.44. The lowest BCUT2D eigenvalue weighted by molar-refractivity contribution is 0.679. The Morgan fingerprint density at radius 2 is 2.12 bits per heavy atom. The first-order chi connectivity index (χ1) is 8.34. The van der Waals surface area contributed by atoms with Crippen LogP contribution < -0.4 is 5.32 Å². The Balaban J connectivity index is 1.82. The maximum Gasteiger partial charge on any atom is 0.0385 e. The first kappa shape index (κ1) is 11.5. The topological polar surface area (TPSA) is 12.0 Å². The molecule has 2 unspecified atom stereocenters. The van der Waals surface area contributed by atoms with Gasteiger partial charge in [0.2, 0.25) is 0 Å². The molecular formula is C15H21NS. The summed E-state index contributed by atoms with van der Waals surface area (Å²) in [6.07, 6.45) is 6.59. The third kappa shape index (κ3) is 2.33. The molecule has 1 heterocycles. The van der Waals surface area contributed by atoms with Crippen LogP contribution in [0, 0.1) is 0 Å². The highest BCUT2D eigenvalue weighted by Gasteiger charge is 2.24. The van der Waals surface area contributed by atoms with E-state index in [0.29, 0.717) is 6.04 Å². The number of benzene rings is 1. The lowest BCUT2D eigenvalue weighted by atomic mass is 9.90. The highest BCUT2D eigenvalue weighted by Crippen LogP contribution is 2.32. The Bertz CT molecular complexity index is 402. The molecule has 0 saturated carbocycles. The average Bonchev–Trinajstić information content (AvgIpc) is 2.76. The van der Waals surface area contributed by atoms with Gasteiger partial charge in [-0.05, 0) is 55.1 Å². The van der Waals surface area contributed by atoms with E-state index in [-0.39, 0.29) is 0 Å². The zero-order valence-electron chi connectivity index (χ0n) is 10.5. The molecule has 0 aromatic heterocycles. The van der Waals surface area contributed by atoms with Gasteiger partial charge in [-0.3, -0.25) is 0 Å². The van der Waals surface area contributed by atoms with Gasteiger partial charge in [-0.2, -0.15) is 11.8 Å². The van der Waals surface area contributed by atoms with Crippen molar-refractivity contribution in [1.82, 2.24) is 0 Å². The van der Waals surface area contributed by atoms with Gasteiger partial charge in [0.15, 0.2) is 0 Å². The normalized spacial score (nSPS) is 27.8. The fraction of sp³-hybridized carbons (Fsp3) is 0.600. The van der Waals surface area contributed by atoms with Gasteiger partial charge >= 0.3 is 0 Å². The molecular weight excluding hydrogens is 226 g/mol. The fourth-order valence-electron chi connectivity index (χ4n) is 3.04. The first-order valence-corrected chi connectivity index (χ1v) is 7.88. The lowest BCUT2D eigenvalue weighted by Crippen LogP contribution is -2.25. The van der Waals surface area contributed by atoms with E-state index in [9.17, 15) is 0 Å². The summed E-state index contributed by atoms with van der Waals surface area (Å²) in [5.41, 5.74) is 4.60. The van der Waals surface area contributed by atoms with E-state index in [1.54, 1.807) is 11.1 Å². The fourth-order valence-corrected chi connectivity index (χ4v) is 4.24. The summed E-state index contributed by atoms with van der Waals surface area (Å²) in [7, 11) is 0. The van der Waals surface area contributed by atoms with Gasteiger partial charge in [0.25, 0.3) is 0 Å². The van der Waals surface area contributed by atoms with Crippen molar-refractivity contribution in [2.24, 2.45) is 0 Å². The van der Waals surface area contributed by atoms with Crippen LogP contribution in [0.1, 0.15) is 37.3 Å². The van der Waals surface area contributed by atoms with Crippen LogP contribution in [0.4, 0.5) is 5.69 Å². The summed E-state index contributed by atoms with van der Waals surface area (Å²) >= 11 is 2.10. The van der Waals surface area contributed by atoms with Crippen LogP contribution in [0.3, 0.4) is 0 Å². The summed E-state index contributed by atoms with van der Waals surface area (Å²) in [5, 5.41) is 4.56. The second-order valence-corrected chi connectivity index (χ2v) is 6.75. The largest absolute Gasteiger partial charge is 0.381 e. The van der Waals surface area contributed by atoms with Gasteiger partial charge < -0.3 is 5.32 Å². The van der Waals surface area contributed by atoms with Crippen molar-refractivity contribution in [2.75, 3.05) is 11.1 Å². The molecule has 1 aromatic carbocycles. The molecule has 1 aliphatic carbocycles. The second-order valence-electron chi connectivity index (χ2n) is 5.27. The van der Waals surface area contributed by atoms with E-state index in [1.165, 1.54) is 43.5 Å². The summed E-state index contributed by atoms with van der Waals surface area (Å²) in [4.78, 5) is 0. The number of rotatable bonds is 2. The number of hydrogen-bond acceptors (Lipinski definition) is 2. The maximum atomic E-state index is 3.80. The number of aryl methyl sites for hydroxylation is 1. The Morgan fingerprint density at radius 3 is 2.94 bits per heavy atom. The molecule has 1 N–H and O–H groups in total. The highest BCUT2D eigenvalue weighted by molar-refractivity contribution is 8.00. The molecule has 1 fully saturated rings. The Hall–Kier alpha value is -0.630. The van der Waals surface area contributed by atoms with Gasteiger partial charge in [-0.15, -0.1) is 0 Å². The van der Waals surface area contributed by atoms with Crippen LogP contribution >= 0.6 is 11.8 Å².